The van der Waals surface area contributed by atoms with Crippen LogP contribution in [0.5, 0.6) is 5.75 Å². The molecule has 1 atom stereocenters. The first-order valence-electron chi connectivity index (χ1n) is 6.43. The van der Waals surface area contributed by atoms with Gasteiger partial charge in [-0.1, -0.05) is 0 Å². The van der Waals surface area contributed by atoms with E-state index in [1.165, 1.54) is 0 Å². The molecule has 2 aliphatic rings. The molecule has 1 amide bonds. The summed E-state index contributed by atoms with van der Waals surface area (Å²) in [6, 6.07) is 5.16. The van der Waals surface area contributed by atoms with Crippen molar-refractivity contribution in [2.45, 2.75) is 12.8 Å². The molecule has 0 spiro atoms. The maximum atomic E-state index is 12.3. The monoisotopic (exact) mass is 261 g/mol. The third-order valence-corrected chi connectivity index (χ3v) is 3.43. The van der Waals surface area contributed by atoms with Crippen molar-refractivity contribution >= 4 is 17.4 Å². The van der Waals surface area contributed by atoms with Crippen molar-refractivity contribution in [1.29, 1.82) is 0 Å². The Balaban J connectivity index is 1.83. The Morgan fingerprint density at radius 3 is 3.05 bits per heavy atom. The van der Waals surface area contributed by atoms with E-state index in [0.29, 0.717) is 23.6 Å². The van der Waals surface area contributed by atoms with Gasteiger partial charge in [-0.05, 0) is 31.0 Å². The van der Waals surface area contributed by atoms with E-state index in [-0.39, 0.29) is 24.2 Å². The Morgan fingerprint density at radius 2 is 2.26 bits per heavy atom. The molecule has 1 saturated heterocycles. The molecule has 2 heterocycles. The summed E-state index contributed by atoms with van der Waals surface area (Å²) < 4.78 is 10.6. The fourth-order valence-corrected chi connectivity index (χ4v) is 2.42. The summed E-state index contributed by atoms with van der Waals surface area (Å²) in [4.78, 5) is 23.6. The van der Waals surface area contributed by atoms with Gasteiger partial charge in [0.25, 0.3) is 5.91 Å². The number of amides is 1. The topological polar surface area (TPSA) is 64.6 Å². The third kappa shape index (κ3) is 2.46. The van der Waals surface area contributed by atoms with E-state index in [2.05, 4.69) is 5.32 Å². The summed E-state index contributed by atoms with van der Waals surface area (Å²) in [6.07, 6.45) is 1.78. The second kappa shape index (κ2) is 5.01. The highest BCUT2D eigenvalue weighted by Crippen LogP contribution is 2.30. The van der Waals surface area contributed by atoms with Gasteiger partial charge in [0.05, 0.1) is 12.3 Å². The van der Waals surface area contributed by atoms with Gasteiger partial charge in [-0.25, -0.2) is 0 Å². The number of Topliss-reactive ketones (excluding diaryl/α,β-unsaturated/α-hetero) is 1. The van der Waals surface area contributed by atoms with Gasteiger partial charge in [0.2, 0.25) is 0 Å². The molecule has 0 radical (unpaired) electrons. The molecule has 0 saturated carbocycles. The predicted octanol–water partition coefficient (Wildman–Crippen LogP) is 1.63. The lowest BCUT2D eigenvalue weighted by atomic mass is 9.92. The van der Waals surface area contributed by atoms with Crippen LogP contribution in [0.2, 0.25) is 0 Å². The minimum absolute atomic E-state index is 0.0246. The van der Waals surface area contributed by atoms with Crippen LogP contribution in [0, 0.1) is 5.92 Å². The minimum Gasteiger partial charge on any atom is -0.482 e. The molecule has 1 aromatic carbocycles. The standard InChI is InChI=1S/C14H15NO4/c16-13-8-19-12-4-3-9(6-11(12)15-13)14(17)10-2-1-5-18-7-10/h3-4,6,10H,1-2,5,7-8H2,(H,15,16). The van der Waals surface area contributed by atoms with Crippen LogP contribution in [-0.2, 0) is 9.53 Å². The first-order valence-corrected chi connectivity index (χ1v) is 6.43. The zero-order valence-corrected chi connectivity index (χ0v) is 10.5. The second-order valence-corrected chi connectivity index (χ2v) is 4.83. The van der Waals surface area contributed by atoms with Crippen LogP contribution < -0.4 is 10.1 Å². The zero-order chi connectivity index (χ0) is 13.2. The van der Waals surface area contributed by atoms with Crippen LogP contribution in [0.1, 0.15) is 23.2 Å². The molecule has 2 aliphatic heterocycles. The molecule has 3 rings (SSSR count). The normalized spacial score (nSPS) is 22.1. The van der Waals surface area contributed by atoms with Crippen molar-refractivity contribution in [3.8, 4) is 5.75 Å². The Bertz CT molecular complexity index is 520. The van der Waals surface area contributed by atoms with E-state index in [9.17, 15) is 9.59 Å². The Labute approximate surface area is 110 Å². The van der Waals surface area contributed by atoms with E-state index < -0.39 is 0 Å². The molecule has 0 aliphatic carbocycles. The van der Waals surface area contributed by atoms with E-state index in [1.54, 1.807) is 18.2 Å². The number of hydrogen-bond acceptors (Lipinski definition) is 4. The van der Waals surface area contributed by atoms with Gasteiger partial charge in [0, 0.05) is 18.1 Å². The predicted molar refractivity (Wildman–Crippen MR) is 68.4 cm³/mol. The SMILES string of the molecule is O=C1COc2ccc(C(=O)C3CCCOC3)cc2N1. The van der Waals surface area contributed by atoms with E-state index >= 15 is 0 Å². The number of fused-ring (bicyclic) bond motifs is 1. The lowest BCUT2D eigenvalue weighted by molar-refractivity contribution is -0.118. The fourth-order valence-electron chi connectivity index (χ4n) is 2.42. The molecule has 19 heavy (non-hydrogen) atoms. The van der Waals surface area contributed by atoms with E-state index in [1.807, 2.05) is 0 Å². The highest BCUT2D eigenvalue weighted by atomic mass is 16.5. The quantitative estimate of drug-likeness (QED) is 0.822. The summed E-state index contributed by atoms with van der Waals surface area (Å²) in [5, 5.41) is 2.71. The Kier molecular flexibility index (Phi) is 3.21. The van der Waals surface area contributed by atoms with Gasteiger partial charge < -0.3 is 14.8 Å². The Morgan fingerprint density at radius 1 is 1.37 bits per heavy atom. The zero-order valence-electron chi connectivity index (χ0n) is 10.5. The maximum Gasteiger partial charge on any atom is 0.262 e. The largest absolute Gasteiger partial charge is 0.482 e. The molecule has 1 N–H and O–H groups in total. The lowest BCUT2D eigenvalue weighted by Crippen LogP contribution is -2.27. The first kappa shape index (κ1) is 12.2. The van der Waals surface area contributed by atoms with Gasteiger partial charge in [-0.15, -0.1) is 0 Å². The van der Waals surface area contributed by atoms with Gasteiger partial charge in [-0.3, -0.25) is 9.59 Å². The number of ether oxygens (including phenoxy) is 2. The highest BCUT2D eigenvalue weighted by molar-refractivity contribution is 6.01. The molecule has 5 nitrogen and oxygen atoms in total. The van der Waals surface area contributed by atoms with Crippen LogP contribution in [0.25, 0.3) is 0 Å². The van der Waals surface area contributed by atoms with Crippen LogP contribution in [0.3, 0.4) is 0 Å². The highest BCUT2D eigenvalue weighted by Gasteiger charge is 2.24. The summed E-state index contributed by atoms with van der Waals surface area (Å²) in [5.41, 5.74) is 1.17. The van der Waals surface area contributed by atoms with Gasteiger partial charge in [0.15, 0.2) is 12.4 Å². The number of carbonyl (C=O) groups is 2. The van der Waals surface area contributed by atoms with E-state index in [4.69, 9.17) is 9.47 Å². The molecular formula is C14H15NO4. The Hall–Kier alpha value is -1.88. The first-order chi connectivity index (χ1) is 9.24. The van der Waals surface area contributed by atoms with E-state index in [0.717, 1.165) is 19.4 Å². The number of hydrogen-bond donors (Lipinski definition) is 1. The van der Waals surface area contributed by atoms with Crippen LogP contribution in [0.4, 0.5) is 5.69 Å². The smallest absolute Gasteiger partial charge is 0.262 e. The number of benzene rings is 1. The fraction of sp³-hybridized carbons (Fsp3) is 0.429. The number of carbonyl (C=O) groups excluding carboxylic acids is 2. The van der Waals surface area contributed by atoms with Crippen LogP contribution in [0.15, 0.2) is 18.2 Å². The number of ketones is 1. The molecule has 0 bridgehead atoms. The molecule has 100 valence electrons. The number of rotatable bonds is 2. The molecule has 1 fully saturated rings. The summed E-state index contributed by atoms with van der Waals surface area (Å²) >= 11 is 0. The summed E-state index contributed by atoms with van der Waals surface area (Å²) in [6.45, 7) is 1.24. The minimum atomic E-state index is -0.196. The van der Waals surface area contributed by atoms with Crippen molar-refractivity contribution < 1.29 is 19.1 Å². The number of nitrogens with one attached hydrogen (secondary N) is 1. The summed E-state index contributed by atoms with van der Waals surface area (Å²) in [5.74, 6) is 0.406. The van der Waals surface area contributed by atoms with Crippen LogP contribution >= 0.6 is 0 Å². The molecule has 5 heteroatoms. The van der Waals surface area contributed by atoms with Gasteiger partial charge in [0.1, 0.15) is 5.75 Å². The molecule has 0 aromatic heterocycles. The molecule has 1 unspecified atom stereocenters. The van der Waals surface area contributed by atoms with Crippen molar-refractivity contribution in [3.05, 3.63) is 23.8 Å². The van der Waals surface area contributed by atoms with Gasteiger partial charge in [-0.2, -0.15) is 0 Å². The molecular weight excluding hydrogens is 246 g/mol. The molecule has 1 aromatic rings. The average Bonchev–Trinajstić information content (AvgIpc) is 2.46. The van der Waals surface area contributed by atoms with Crippen molar-refractivity contribution in [2.24, 2.45) is 5.92 Å². The van der Waals surface area contributed by atoms with Crippen LogP contribution in [-0.4, -0.2) is 31.5 Å². The van der Waals surface area contributed by atoms with Crippen molar-refractivity contribution in [3.63, 3.8) is 0 Å². The second-order valence-electron chi connectivity index (χ2n) is 4.83. The maximum absolute atomic E-state index is 12.3. The third-order valence-electron chi connectivity index (χ3n) is 3.43. The van der Waals surface area contributed by atoms with Crippen molar-refractivity contribution in [2.75, 3.05) is 25.1 Å². The lowest BCUT2D eigenvalue weighted by Gasteiger charge is -2.22. The number of anilines is 1. The average molecular weight is 261 g/mol. The van der Waals surface area contributed by atoms with Crippen molar-refractivity contribution in [1.82, 2.24) is 0 Å². The van der Waals surface area contributed by atoms with Gasteiger partial charge >= 0.3 is 0 Å². The summed E-state index contributed by atoms with van der Waals surface area (Å²) in [7, 11) is 0.